The first-order valence-corrected chi connectivity index (χ1v) is 7.65. The maximum atomic E-state index is 12.0. The van der Waals surface area contributed by atoms with E-state index in [1.165, 1.54) is 29.0 Å². The van der Waals surface area contributed by atoms with Gasteiger partial charge in [-0.25, -0.2) is 8.42 Å². The number of hydrogen-bond donors (Lipinski definition) is 2. The van der Waals surface area contributed by atoms with Gasteiger partial charge >= 0.3 is 0 Å². The molecule has 2 N–H and O–H groups in total. The highest BCUT2D eigenvalue weighted by Crippen LogP contribution is 2.21. The largest absolute Gasteiger partial charge is 0.391 e. The summed E-state index contributed by atoms with van der Waals surface area (Å²) in [6.07, 6.45) is 3.08. The molecule has 0 aromatic carbocycles. The van der Waals surface area contributed by atoms with E-state index in [0.717, 1.165) is 0 Å². The van der Waals surface area contributed by atoms with Crippen LogP contribution < -0.4 is 4.72 Å². The van der Waals surface area contributed by atoms with Crippen molar-refractivity contribution in [3.05, 3.63) is 28.7 Å². The highest BCUT2D eigenvalue weighted by molar-refractivity contribution is 7.92. The van der Waals surface area contributed by atoms with E-state index in [1.54, 1.807) is 10.9 Å². The number of aliphatic hydroxyl groups is 1. The molecule has 0 fully saturated rings. The summed E-state index contributed by atoms with van der Waals surface area (Å²) in [4.78, 5) is 0.764. The fourth-order valence-corrected chi connectivity index (χ4v) is 3.55. The van der Waals surface area contributed by atoms with Crippen LogP contribution in [0.1, 0.15) is 11.8 Å². The predicted octanol–water partition coefficient (Wildman–Crippen LogP) is 1.26. The van der Waals surface area contributed by atoms with Gasteiger partial charge in [-0.3, -0.25) is 9.40 Å². The minimum Gasteiger partial charge on any atom is -0.391 e. The van der Waals surface area contributed by atoms with Crippen LogP contribution in [0.3, 0.4) is 0 Å². The third kappa shape index (κ3) is 2.71. The van der Waals surface area contributed by atoms with E-state index < -0.39 is 10.0 Å². The Bertz CT molecular complexity index is 630. The second kappa shape index (κ2) is 5.09. The van der Waals surface area contributed by atoms with Crippen molar-refractivity contribution in [1.82, 2.24) is 9.78 Å². The van der Waals surface area contributed by atoms with Gasteiger partial charge in [-0.1, -0.05) is 0 Å². The first-order chi connectivity index (χ1) is 8.55. The van der Waals surface area contributed by atoms with Crippen LogP contribution in [-0.4, -0.2) is 23.3 Å². The Morgan fingerprint density at radius 1 is 1.56 bits per heavy atom. The summed E-state index contributed by atoms with van der Waals surface area (Å²) in [5.74, 6) is 0. The monoisotopic (exact) mass is 287 g/mol. The number of aliphatic hydroxyl groups excluding tert-OH is 1. The van der Waals surface area contributed by atoms with E-state index in [-0.39, 0.29) is 11.5 Å². The van der Waals surface area contributed by atoms with Crippen molar-refractivity contribution < 1.29 is 13.5 Å². The van der Waals surface area contributed by atoms with Gasteiger partial charge in [0.05, 0.1) is 23.4 Å². The van der Waals surface area contributed by atoms with Crippen molar-refractivity contribution in [2.75, 3.05) is 4.72 Å². The van der Waals surface area contributed by atoms with Gasteiger partial charge in [0.15, 0.2) is 0 Å². The number of rotatable bonds is 5. The summed E-state index contributed by atoms with van der Waals surface area (Å²) in [6.45, 7) is 2.43. The van der Waals surface area contributed by atoms with Crippen molar-refractivity contribution in [3.8, 4) is 0 Å². The molecule has 18 heavy (non-hydrogen) atoms. The highest BCUT2D eigenvalue weighted by atomic mass is 32.2. The van der Waals surface area contributed by atoms with E-state index in [2.05, 4.69) is 9.82 Å². The molecule has 2 aromatic heterocycles. The van der Waals surface area contributed by atoms with Gasteiger partial charge in [0.2, 0.25) is 0 Å². The molecule has 2 aromatic rings. The van der Waals surface area contributed by atoms with E-state index in [9.17, 15) is 8.42 Å². The molecule has 98 valence electrons. The van der Waals surface area contributed by atoms with E-state index in [0.29, 0.717) is 17.1 Å². The molecule has 0 amide bonds. The molecule has 0 aliphatic rings. The summed E-state index contributed by atoms with van der Waals surface area (Å²) < 4.78 is 28.1. The van der Waals surface area contributed by atoms with Gasteiger partial charge in [0, 0.05) is 23.0 Å². The quantitative estimate of drug-likeness (QED) is 0.867. The van der Waals surface area contributed by atoms with Crippen molar-refractivity contribution in [2.45, 2.75) is 25.0 Å². The number of aryl methyl sites for hydroxylation is 1. The summed E-state index contributed by atoms with van der Waals surface area (Å²) in [7, 11) is -3.60. The Kier molecular flexibility index (Phi) is 3.69. The molecule has 2 rings (SSSR count). The second-order valence-corrected chi connectivity index (χ2v) is 6.28. The molecule has 0 saturated carbocycles. The second-order valence-electron chi connectivity index (χ2n) is 3.60. The number of hydrogen-bond acceptors (Lipinski definition) is 5. The Hall–Kier alpha value is -1.38. The molecule has 0 aliphatic carbocycles. The highest BCUT2D eigenvalue weighted by Gasteiger charge is 2.16. The average molecular weight is 287 g/mol. The van der Waals surface area contributed by atoms with Crippen molar-refractivity contribution in [3.63, 3.8) is 0 Å². The Balaban J connectivity index is 2.21. The van der Waals surface area contributed by atoms with E-state index in [1.807, 2.05) is 6.92 Å². The van der Waals surface area contributed by atoms with Gasteiger partial charge in [0.25, 0.3) is 10.0 Å². The lowest BCUT2D eigenvalue weighted by molar-refractivity contribution is 0.285. The number of anilines is 1. The lowest BCUT2D eigenvalue weighted by atomic mass is 10.5. The SMILES string of the molecule is CCn1cc(NS(=O)(=O)c2csc(CO)c2)cn1. The number of aromatic nitrogens is 2. The molecular weight excluding hydrogens is 274 g/mol. The summed E-state index contributed by atoms with van der Waals surface area (Å²) in [6, 6.07) is 1.46. The van der Waals surface area contributed by atoms with Crippen LogP contribution in [0, 0.1) is 0 Å². The minimum absolute atomic E-state index is 0.154. The molecule has 8 heteroatoms. The standard InChI is InChI=1S/C10H13N3O3S2/c1-2-13-5-8(4-11-13)12-18(15,16)10-3-9(6-14)17-7-10/h3-5,7,12,14H,2,6H2,1H3. The topological polar surface area (TPSA) is 84.2 Å². The smallest absolute Gasteiger partial charge is 0.262 e. The van der Waals surface area contributed by atoms with Crippen molar-refractivity contribution in [2.24, 2.45) is 0 Å². The lowest BCUT2D eigenvalue weighted by Gasteiger charge is -2.02. The summed E-state index contributed by atoms with van der Waals surface area (Å²) in [5, 5.41) is 14.4. The van der Waals surface area contributed by atoms with E-state index in [4.69, 9.17) is 5.11 Å². The average Bonchev–Trinajstić information content (AvgIpc) is 2.96. The molecule has 0 spiro atoms. The van der Waals surface area contributed by atoms with Gasteiger partial charge in [-0.15, -0.1) is 11.3 Å². The Morgan fingerprint density at radius 3 is 2.89 bits per heavy atom. The normalized spacial score (nSPS) is 11.7. The van der Waals surface area contributed by atoms with Crippen LogP contribution in [0.25, 0.3) is 0 Å². The fourth-order valence-electron chi connectivity index (χ4n) is 1.39. The lowest BCUT2D eigenvalue weighted by Crippen LogP contribution is -2.11. The van der Waals surface area contributed by atoms with Crippen LogP contribution in [0.4, 0.5) is 5.69 Å². The molecule has 0 atom stereocenters. The summed E-state index contributed by atoms with van der Waals surface area (Å²) in [5.41, 5.74) is 0.425. The van der Waals surface area contributed by atoms with Gasteiger partial charge < -0.3 is 5.11 Å². The maximum Gasteiger partial charge on any atom is 0.262 e. The first kappa shape index (κ1) is 13.1. The molecule has 0 bridgehead atoms. The zero-order valence-corrected chi connectivity index (χ0v) is 11.3. The zero-order chi connectivity index (χ0) is 13.2. The van der Waals surface area contributed by atoms with Crippen LogP contribution in [0.5, 0.6) is 0 Å². The van der Waals surface area contributed by atoms with Gasteiger partial charge in [-0.05, 0) is 13.0 Å². The third-order valence-electron chi connectivity index (χ3n) is 2.31. The fraction of sp³-hybridized carbons (Fsp3) is 0.300. The zero-order valence-electron chi connectivity index (χ0n) is 9.70. The van der Waals surface area contributed by atoms with Crippen LogP contribution in [0.15, 0.2) is 28.7 Å². The maximum absolute atomic E-state index is 12.0. The Morgan fingerprint density at radius 2 is 2.33 bits per heavy atom. The van der Waals surface area contributed by atoms with Crippen molar-refractivity contribution in [1.29, 1.82) is 0 Å². The van der Waals surface area contributed by atoms with Crippen molar-refractivity contribution >= 4 is 27.0 Å². The number of thiophene rings is 1. The summed E-state index contributed by atoms with van der Waals surface area (Å²) >= 11 is 1.21. The minimum atomic E-state index is -3.60. The molecule has 0 radical (unpaired) electrons. The molecule has 0 aliphatic heterocycles. The molecule has 0 saturated heterocycles. The van der Waals surface area contributed by atoms with E-state index >= 15 is 0 Å². The molecular formula is C10H13N3O3S2. The van der Waals surface area contributed by atoms with Crippen LogP contribution in [-0.2, 0) is 23.2 Å². The predicted molar refractivity (Wildman–Crippen MR) is 69.0 cm³/mol. The third-order valence-corrected chi connectivity index (χ3v) is 4.74. The number of nitrogens with one attached hydrogen (secondary N) is 1. The van der Waals surface area contributed by atoms with Gasteiger partial charge in [0.1, 0.15) is 0 Å². The van der Waals surface area contributed by atoms with Crippen LogP contribution >= 0.6 is 11.3 Å². The molecule has 0 unspecified atom stereocenters. The molecule has 2 heterocycles. The van der Waals surface area contributed by atoms with Gasteiger partial charge in [-0.2, -0.15) is 5.10 Å². The van der Waals surface area contributed by atoms with Crippen LogP contribution in [0.2, 0.25) is 0 Å². The Labute approximate surface area is 109 Å². The number of nitrogens with zero attached hydrogens (tertiary/aromatic N) is 2. The molecule has 6 nitrogen and oxygen atoms in total. The number of sulfonamides is 1. The first-order valence-electron chi connectivity index (χ1n) is 5.28.